The molecule has 0 saturated carbocycles. The molecule has 0 fully saturated rings. The molecule has 2 N–H and O–H groups in total. The largest absolute Gasteiger partial charge is 0.302 e. The number of rotatable bonds is 7. The molecule has 2 amide bonds. The fourth-order valence-electron chi connectivity index (χ4n) is 2.52. The van der Waals surface area contributed by atoms with Crippen molar-refractivity contribution in [2.45, 2.75) is 18.6 Å². The third-order valence-electron chi connectivity index (χ3n) is 4.07. The number of nitro groups is 1. The Morgan fingerprint density at radius 2 is 1.77 bits per heavy atom. The van der Waals surface area contributed by atoms with Crippen molar-refractivity contribution >= 4 is 29.3 Å². The Hall–Kier alpha value is -3.73. The summed E-state index contributed by atoms with van der Waals surface area (Å²) in [6.45, 7) is 2.42. The van der Waals surface area contributed by atoms with Crippen molar-refractivity contribution in [3.05, 3.63) is 81.7 Å². The van der Waals surface area contributed by atoms with Crippen molar-refractivity contribution in [2.75, 3.05) is 5.75 Å². The number of nitro benzene ring substituents is 1. The minimum atomic E-state index is -0.577. The number of amides is 2. The number of carbonyl (C=O) groups excluding carboxylic acids is 2. The van der Waals surface area contributed by atoms with Crippen LogP contribution in [0, 0.1) is 17.0 Å². The number of hydrogen-bond acceptors (Lipinski definition) is 7. The van der Waals surface area contributed by atoms with Gasteiger partial charge in [-0.1, -0.05) is 42.1 Å². The zero-order valence-corrected chi connectivity index (χ0v) is 16.8. The van der Waals surface area contributed by atoms with Crippen LogP contribution in [0.4, 0.5) is 5.69 Å². The molecule has 0 aliphatic carbocycles. The molecule has 0 saturated heterocycles. The van der Waals surface area contributed by atoms with Gasteiger partial charge in [0.2, 0.25) is 5.91 Å². The van der Waals surface area contributed by atoms with Crippen molar-refractivity contribution < 1.29 is 14.5 Å². The highest BCUT2D eigenvalue weighted by Crippen LogP contribution is 2.18. The predicted molar refractivity (Wildman–Crippen MR) is 110 cm³/mol. The number of aryl methyl sites for hydroxylation is 1. The average molecular weight is 426 g/mol. The number of nitrogens with zero attached hydrogens (tertiary/aromatic N) is 4. The molecule has 2 aromatic carbocycles. The highest BCUT2D eigenvalue weighted by atomic mass is 32.2. The SMILES string of the molecule is Cc1nnc(SCC(=O)NNC(=O)c2ccc([N+](=O)[O-])cc2)n1Cc1ccccc1. The van der Waals surface area contributed by atoms with Crippen LogP contribution in [-0.4, -0.2) is 37.3 Å². The Morgan fingerprint density at radius 3 is 2.43 bits per heavy atom. The van der Waals surface area contributed by atoms with Crippen molar-refractivity contribution in [1.82, 2.24) is 25.6 Å². The minimum Gasteiger partial charge on any atom is -0.302 e. The van der Waals surface area contributed by atoms with Crippen molar-refractivity contribution in [2.24, 2.45) is 0 Å². The lowest BCUT2D eigenvalue weighted by molar-refractivity contribution is -0.384. The lowest BCUT2D eigenvalue weighted by Gasteiger charge is -2.09. The summed E-state index contributed by atoms with van der Waals surface area (Å²) in [5.74, 6) is -0.255. The molecular weight excluding hydrogens is 408 g/mol. The Kier molecular flexibility index (Phi) is 6.75. The number of nitrogens with one attached hydrogen (secondary N) is 2. The molecule has 30 heavy (non-hydrogen) atoms. The maximum absolute atomic E-state index is 12.1. The highest BCUT2D eigenvalue weighted by molar-refractivity contribution is 7.99. The van der Waals surface area contributed by atoms with Gasteiger partial charge in [0.05, 0.1) is 17.2 Å². The van der Waals surface area contributed by atoms with Crippen molar-refractivity contribution in [1.29, 1.82) is 0 Å². The molecule has 0 bridgehead atoms. The van der Waals surface area contributed by atoms with E-state index in [1.165, 1.54) is 36.0 Å². The topological polar surface area (TPSA) is 132 Å². The van der Waals surface area contributed by atoms with E-state index in [4.69, 9.17) is 0 Å². The molecule has 154 valence electrons. The van der Waals surface area contributed by atoms with Gasteiger partial charge in [-0.2, -0.15) is 0 Å². The first-order valence-electron chi connectivity index (χ1n) is 8.84. The molecule has 0 atom stereocenters. The molecular formula is C19H18N6O4S. The second-order valence-electron chi connectivity index (χ2n) is 6.20. The number of carbonyl (C=O) groups is 2. The Morgan fingerprint density at radius 1 is 1.07 bits per heavy atom. The van der Waals surface area contributed by atoms with Gasteiger partial charge in [-0.15, -0.1) is 10.2 Å². The summed E-state index contributed by atoms with van der Waals surface area (Å²) in [7, 11) is 0. The van der Waals surface area contributed by atoms with Crippen LogP contribution < -0.4 is 10.9 Å². The third-order valence-corrected chi connectivity index (χ3v) is 5.04. The van der Waals surface area contributed by atoms with Gasteiger partial charge in [-0.3, -0.25) is 30.6 Å². The fourth-order valence-corrected chi connectivity index (χ4v) is 3.30. The summed E-state index contributed by atoms with van der Waals surface area (Å²) in [4.78, 5) is 34.2. The Balaban J connectivity index is 1.51. The first-order chi connectivity index (χ1) is 14.4. The van der Waals surface area contributed by atoms with E-state index < -0.39 is 16.7 Å². The van der Waals surface area contributed by atoms with Gasteiger partial charge in [0.25, 0.3) is 11.6 Å². The Bertz CT molecular complexity index is 1050. The third kappa shape index (κ3) is 5.41. The monoisotopic (exact) mass is 426 g/mol. The number of benzene rings is 2. The number of hydrogen-bond donors (Lipinski definition) is 2. The lowest BCUT2D eigenvalue weighted by Crippen LogP contribution is -2.42. The Labute approximate surface area is 175 Å². The summed E-state index contributed by atoms with van der Waals surface area (Å²) in [5, 5.41) is 19.4. The zero-order chi connectivity index (χ0) is 21.5. The molecule has 0 aliphatic heterocycles. The van der Waals surface area contributed by atoms with E-state index in [9.17, 15) is 19.7 Å². The second-order valence-corrected chi connectivity index (χ2v) is 7.14. The molecule has 1 heterocycles. The summed E-state index contributed by atoms with van der Waals surface area (Å²) in [5.41, 5.74) is 5.74. The molecule has 3 rings (SSSR count). The van der Waals surface area contributed by atoms with Crippen LogP contribution in [0.2, 0.25) is 0 Å². The summed E-state index contributed by atoms with van der Waals surface area (Å²) in [6, 6.07) is 14.9. The smallest absolute Gasteiger partial charge is 0.269 e. The minimum absolute atomic E-state index is 0.0213. The molecule has 0 aliphatic rings. The van der Waals surface area contributed by atoms with Gasteiger partial charge in [-0.25, -0.2) is 0 Å². The highest BCUT2D eigenvalue weighted by Gasteiger charge is 2.14. The first kappa shape index (κ1) is 21.0. The van der Waals surface area contributed by atoms with Gasteiger partial charge < -0.3 is 4.57 Å². The van der Waals surface area contributed by atoms with Crippen LogP contribution in [-0.2, 0) is 11.3 Å². The number of thioether (sulfide) groups is 1. The molecule has 0 spiro atoms. The fraction of sp³-hybridized carbons (Fsp3) is 0.158. The van der Waals surface area contributed by atoms with Crippen LogP contribution in [0.1, 0.15) is 21.7 Å². The molecule has 0 unspecified atom stereocenters. The second kappa shape index (κ2) is 9.65. The number of hydrazine groups is 1. The first-order valence-corrected chi connectivity index (χ1v) is 9.83. The van der Waals surface area contributed by atoms with Crippen LogP contribution in [0.3, 0.4) is 0 Å². The molecule has 0 radical (unpaired) electrons. The number of non-ortho nitro benzene ring substituents is 1. The van der Waals surface area contributed by atoms with Crippen LogP contribution in [0.25, 0.3) is 0 Å². The van der Waals surface area contributed by atoms with E-state index in [-0.39, 0.29) is 17.0 Å². The quantitative estimate of drug-likeness (QED) is 0.336. The summed E-state index contributed by atoms with van der Waals surface area (Å²) in [6.07, 6.45) is 0. The van der Waals surface area contributed by atoms with Gasteiger partial charge in [-0.05, 0) is 24.6 Å². The van der Waals surface area contributed by atoms with E-state index in [0.29, 0.717) is 11.7 Å². The number of aromatic nitrogens is 3. The maximum atomic E-state index is 12.1. The van der Waals surface area contributed by atoms with Crippen LogP contribution >= 0.6 is 11.8 Å². The molecule has 1 aromatic heterocycles. The van der Waals surface area contributed by atoms with E-state index in [0.717, 1.165) is 11.4 Å². The predicted octanol–water partition coefficient (Wildman–Crippen LogP) is 2.10. The maximum Gasteiger partial charge on any atom is 0.269 e. The summed E-state index contributed by atoms with van der Waals surface area (Å²) < 4.78 is 1.91. The lowest BCUT2D eigenvalue weighted by atomic mass is 10.2. The van der Waals surface area contributed by atoms with E-state index in [1.54, 1.807) is 0 Å². The average Bonchev–Trinajstić information content (AvgIpc) is 3.10. The van der Waals surface area contributed by atoms with Gasteiger partial charge in [0.1, 0.15) is 5.82 Å². The van der Waals surface area contributed by atoms with Crippen molar-refractivity contribution in [3.8, 4) is 0 Å². The zero-order valence-electron chi connectivity index (χ0n) is 15.9. The molecule has 3 aromatic rings. The van der Waals surface area contributed by atoms with Crippen LogP contribution in [0.15, 0.2) is 59.8 Å². The van der Waals surface area contributed by atoms with Crippen molar-refractivity contribution in [3.63, 3.8) is 0 Å². The van der Waals surface area contributed by atoms with Gasteiger partial charge in [0, 0.05) is 17.7 Å². The van der Waals surface area contributed by atoms with Gasteiger partial charge >= 0.3 is 0 Å². The van der Waals surface area contributed by atoms with E-state index in [1.807, 2.05) is 41.8 Å². The van der Waals surface area contributed by atoms with Gasteiger partial charge in [0.15, 0.2) is 5.16 Å². The molecule has 11 heteroatoms. The molecule has 10 nitrogen and oxygen atoms in total. The van der Waals surface area contributed by atoms with E-state index in [2.05, 4.69) is 21.0 Å². The van der Waals surface area contributed by atoms with E-state index >= 15 is 0 Å². The summed E-state index contributed by atoms with van der Waals surface area (Å²) >= 11 is 1.20. The normalized spacial score (nSPS) is 10.4. The standard InChI is InChI=1S/C19H18N6O4S/c1-13-20-23-19(24(13)11-14-5-3-2-4-6-14)30-12-17(26)21-22-18(27)15-7-9-16(10-8-15)25(28)29/h2-10H,11-12H2,1H3,(H,21,26)(H,22,27). The van der Waals surface area contributed by atoms with Crippen LogP contribution in [0.5, 0.6) is 0 Å².